The molecule has 0 radical (unpaired) electrons. The van der Waals surface area contributed by atoms with E-state index in [1.54, 1.807) is 0 Å². The summed E-state index contributed by atoms with van der Waals surface area (Å²) in [7, 11) is 0. The van der Waals surface area contributed by atoms with Crippen LogP contribution in [0, 0.1) is 0 Å². The highest BCUT2D eigenvalue weighted by Gasteiger charge is 2.32. The predicted octanol–water partition coefficient (Wildman–Crippen LogP) is 0.677. The Labute approximate surface area is 90.6 Å². The van der Waals surface area contributed by atoms with Crippen molar-refractivity contribution in [3.8, 4) is 0 Å². The standard InChI is InChI=1S/C11H20N2O2/c14-11(15)8-13-7-2-1-5-10(13)9-4-3-6-12-9/h9-10,12H,1-8H2,(H,14,15). The molecule has 0 saturated carbocycles. The van der Waals surface area contributed by atoms with Gasteiger partial charge in [-0.15, -0.1) is 0 Å². The van der Waals surface area contributed by atoms with Gasteiger partial charge in [-0.2, -0.15) is 0 Å². The van der Waals surface area contributed by atoms with Gasteiger partial charge in [0, 0.05) is 12.1 Å². The molecule has 0 aliphatic carbocycles. The van der Waals surface area contributed by atoms with E-state index in [1.165, 1.54) is 19.3 Å². The van der Waals surface area contributed by atoms with Crippen LogP contribution in [0.3, 0.4) is 0 Å². The zero-order chi connectivity index (χ0) is 10.7. The fraction of sp³-hybridized carbons (Fsp3) is 0.909. The Morgan fingerprint density at radius 2 is 2.20 bits per heavy atom. The highest BCUT2D eigenvalue weighted by molar-refractivity contribution is 5.69. The third-order valence-corrected chi connectivity index (χ3v) is 3.57. The quantitative estimate of drug-likeness (QED) is 0.722. The van der Waals surface area contributed by atoms with E-state index in [1.807, 2.05) is 0 Å². The number of nitrogens with zero attached hydrogens (tertiary/aromatic N) is 1. The second kappa shape index (κ2) is 4.94. The number of carbonyl (C=O) groups is 1. The zero-order valence-electron chi connectivity index (χ0n) is 9.11. The molecule has 2 saturated heterocycles. The molecule has 0 bridgehead atoms. The third kappa shape index (κ3) is 2.69. The van der Waals surface area contributed by atoms with Crippen LogP contribution in [0.5, 0.6) is 0 Å². The number of piperidine rings is 1. The highest BCUT2D eigenvalue weighted by Crippen LogP contribution is 2.23. The zero-order valence-corrected chi connectivity index (χ0v) is 9.11. The second-order valence-electron chi connectivity index (χ2n) is 4.63. The molecule has 4 nitrogen and oxygen atoms in total. The van der Waals surface area contributed by atoms with Crippen LogP contribution in [0.2, 0.25) is 0 Å². The van der Waals surface area contributed by atoms with Gasteiger partial charge in [-0.25, -0.2) is 0 Å². The number of aliphatic carboxylic acids is 1. The van der Waals surface area contributed by atoms with Crippen molar-refractivity contribution >= 4 is 5.97 Å². The van der Waals surface area contributed by atoms with Gasteiger partial charge in [0.2, 0.25) is 0 Å². The topological polar surface area (TPSA) is 52.6 Å². The van der Waals surface area contributed by atoms with Gasteiger partial charge < -0.3 is 10.4 Å². The molecule has 2 rings (SSSR count). The van der Waals surface area contributed by atoms with E-state index >= 15 is 0 Å². The van der Waals surface area contributed by atoms with Gasteiger partial charge in [0.05, 0.1) is 6.54 Å². The number of rotatable bonds is 3. The Kier molecular flexibility index (Phi) is 3.59. The summed E-state index contributed by atoms with van der Waals surface area (Å²) in [6.45, 7) is 2.26. The number of hydrogen-bond acceptors (Lipinski definition) is 3. The first kappa shape index (κ1) is 10.9. The Bertz CT molecular complexity index is 227. The summed E-state index contributed by atoms with van der Waals surface area (Å²) < 4.78 is 0. The predicted molar refractivity (Wildman–Crippen MR) is 57.9 cm³/mol. The Hall–Kier alpha value is -0.610. The van der Waals surface area contributed by atoms with Crippen LogP contribution in [0.1, 0.15) is 32.1 Å². The van der Waals surface area contributed by atoms with Crippen molar-refractivity contribution in [1.29, 1.82) is 0 Å². The molecule has 4 heteroatoms. The van der Waals surface area contributed by atoms with Gasteiger partial charge in [-0.3, -0.25) is 9.69 Å². The number of hydrogen-bond donors (Lipinski definition) is 2. The van der Waals surface area contributed by atoms with Crippen LogP contribution in [-0.2, 0) is 4.79 Å². The summed E-state index contributed by atoms with van der Waals surface area (Å²) in [6, 6.07) is 0.988. The molecule has 0 aromatic rings. The van der Waals surface area contributed by atoms with Crippen LogP contribution >= 0.6 is 0 Å². The van der Waals surface area contributed by atoms with Gasteiger partial charge >= 0.3 is 5.97 Å². The Morgan fingerprint density at radius 1 is 1.33 bits per heavy atom. The van der Waals surface area contributed by atoms with Crippen LogP contribution in [-0.4, -0.2) is 47.7 Å². The number of carboxylic acids is 1. The molecule has 15 heavy (non-hydrogen) atoms. The molecule has 2 atom stereocenters. The molecule has 2 heterocycles. The van der Waals surface area contributed by atoms with Crippen LogP contribution < -0.4 is 5.32 Å². The molecule has 2 fully saturated rings. The molecule has 2 aliphatic heterocycles. The van der Waals surface area contributed by atoms with Crippen LogP contribution in [0.25, 0.3) is 0 Å². The normalized spacial score (nSPS) is 33.1. The molecule has 0 amide bonds. The van der Waals surface area contributed by atoms with Crippen molar-refractivity contribution in [2.75, 3.05) is 19.6 Å². The number of nitrogens with one attached hydrogen (secondary N) is 1. The molecule has 2 aliphatic rings. The van der Waals surface area contributed by atoms with Crippen LogP contribution in [0.4, 0.5) is 0 Å². The summed E-state index contributed by atoms with van der Waals surface area (Å²) in [6.07, 6.45) is 6.00. The summed E-state index contributed by atoms with van der Waals surface area (Å²) >= 11 is 0. The van der Waals surface area contributed by atoms with Crippen molar-refractivity contribution in [2.24, 2.45) is 0 Å². The fourth-order valence-corrected chi connectivity index (χ4v) is 2.88. The van der Waals surface area contributed by atoms with Gasteiger partial charge in [0.15, 0.2) is 0 Å². The molecule has 0 spiro atoms. The minimum atomic E-state index is -0.695. The smallest absolute Gasteiger partial charge is 0.317 e. The molecular weight excluding hydrogens is 192 g/mol. The first-order chi connectivity index (χ1) is 7.27. The van der Waals surface area contributed by atoms with Gasteiger partial charge in [0.1, 0.15) is 0 Å². The maximum atomic E-state index is 10.8. The lowest BCUT2D eigenvalue weighted by Gasteiger charge is -2.38. The summed E-state index contributed by atoms with van der Waals surface area (Å²) in [5.41, 5.74) is 0. The average Bonchev–Trinajstić information content (AvgIpc) is 2.70. The molecule has 0 aromatic heterocycles. The maximum absolute atomic E-state index is 10.8. The lowest BCUT2D eigenvalue weighted by atomic mass is 9.94. The first-order valence-electron chi connectivity index (χ1n) is 5.96. The third-order valence-electron chi connectivity index (χ3n) is 3.57. The van der Waals surface area contributed by atoms with Crippen molar-refractivity contribution in [3.63, 3.8) is 0 Å². The van der Waals surface area contributed by atoms with E-state index in [2.05, 4.69) is 10.2 Å². The van der Waals surface area contributed by atoms with Crippen molar-refractivity contribution < 1.29 is 9.90 Å². The number of likely N-dealkylation sites (tertiary alicyclic amines) is 1. The van der Waals surface area contributed by atoms with Gasteiger partial charge in [0.25, 0.3) is 0 Å². The molecule has 2 N–H and O–H groups in total. The Morgan fingerprint density at radius 3 is 2.87 bits per heavy atom. The van der Waals surface area contributed by atoms with E-state index in [-0.39, 0.29) is 6.54 Å². The minimum Gasteiger partial charge on any atom is -0.480 e. The highest BCUT2D eigenvalue weighted by atomic mass is 16.4. The lowest BCUT2D eigenvalue weighted by molar-refractivity contribution is -0.139. The number of carboxylic acid groups (broad SMARTS) is 1. The average molecular weight is 212 g/mol. The minimum absolute atomic E-state index is 0.211. The van der Waals surface area contributed by atoms with Crippen molar-refractivity contribution in [2.45, 2.75) is 44.2 Å². The molecule has 86 valence electrons. The molecule has 2 unspecified atom stereocenters. The van der Waals surface area contributed by atoms with E-state index in [0.717, 1.165) is 25.9 Å². The van der Waals surface area contributed by atoms with Crippen molar-refractivity contribution in [3.05, 3.63) is 0 Å². The van der Waals surface area contributed by atoms with Gasteiger partial charge in [-0.05, 0) is 38.8 Å². The maximum Gasteiger partial charge on any atom is 0.317 e. The van der Waals surface area contributed by atoms with Gasteiger partial charge in [-0.1, -0.05) is 6.42 Å². The molecule has 0 aromatic carbocycles. The Balaban J connectivity index is 1.95. The largest absolute Gasteiger partial charge is 0.480 e. The summed E-state index contributed by atoms with van der Waals surface area (Å²) in [5.74, 6) is -0.695. The summed E-state index contributed by atoms with van der Waals surface area (Å²) in [5, 5.41) is 12.4. The summed E-state index contributed by atoms with van der Waals surface area (Å²) in [4.78, 5) is 12.9. The SMILES string of the molecule is O=C(O)CN1CCCCC1C1CCCN1. The first-order valence-corrected chi connectivity index (χ1v) is 5.96. The van der Waals surface area contributed by atoms with Crippen LogP contribution in [0.15, 0.2) is 0 Å². The van der Waals surface area contributed by atoms with E-state index in [4.69, 9.17) is 5.11 Å². The van der Waals surface area contributed by atoms with Crippen molar-refractivity contribution in [1.82, 2.24) is 10.2 Å². The van der Waals surface area contributed by atoms with E-state index in [0.29, 0.717) is 12.1 Å². The fourth-order valence-electron chi connectivity index (χ4n) is 2.88. The lowest BCUT2D eigenvalue weighted by Crippen LogP contribution is -2.51. The monoisotopic (exact) mass is 212 g/mol. The van der Waals surface area contributed by atoms with E-state index in [9.17, 15) is 4.79 Å². The molecular formula is C11H20N2O2. The second-order valence-corrected chi connectivity index (χ2v) is 4.63. The van der Waals surface area contributed by atoms with E-state index < -0.39 is 5.97 Å².